The second-order valence-corrected chi connectivity index (χ2v) is 6.53. The molecule has 0 saturated heterocycles. The predicted octanol–water partition coefficient (Wildman–Crippen LogP) is 5.58. The highest BCUT2D eigenvalue weighted by molar-refractivity contribution is 9.10. The van der Waals surface area contributed by atoms with Gasteiger partial charge in [-0.15, -0.1) is 0 Å². The number of nitrogens with one attached hydrogen (secondary N) is 1. The zero-order valence-electron chi connectivity index (χ0n) is 13.1. The molecule has 114 valence electrons. The van der Waals surface area contributed by atoms with Gasteiger partial charge in [0.15, 0.2) is 0 Å². The van der Waals surface area contributed by atoms with Gasteiger partial charge in [-0.2, -0.15) is 0 Å². The number of halogens is 1. The molecule has 0 fully saturated rings. The van der Waals surface area contributed by atoms with Crippen LogP contribution in [0.1, 0.15) is 57.9 Å². The van der Waals surface area contributed by atoms with E-state index in [1.807, 2.05) is 0 Å². The molecule has 1 rings (SSSR count). The molecular formula is C18H30BrN. The summed E-state index contributed by atoms with van der Waals surface area (Å²) in [6, 6.07) is 8.64. The summed E-state index contributed by atoms with van der Waals surface area (Å²) in [5.41, 5.74) is 1.45. The van der Waals surface area contributed by atoms with Crippen molar-refractivity contribution in [1.29, 1.82) is 0 Å². The van der Waals surface area contributed by atoms with E-state index in [1.165, 1.54) is 55.0 Å². The Morgan fingerprint density at radius 2 is 1.80 bits per heavy atom. The SMILES string of the molecule is CCCCCCCC(CNCC)Cc1ccccc1Br. The molecule has 0 heterocycles. The van der Waals surface area contributed by atoms with Gasteiger partial charge in [-0.3, -0.25) is 0 Å². The van der Waals surface area contributed by atoms with E-state index >= 15 is 0 Å². The van der Waals surface area contributed by atoms with Gasteiger partial charge in [-0.25, -0.2) is 0 Å². The Morgan fingerprint density at radius 3 is 2.50 bits per heavy atom. The van der Waals surface area contributed by atoms with Gasteiger partial charge in [-0.1, -0.05) is 80.1 Å². The molecule has 0 aliphatic rings. The lowest BCUT2D eigenvalue weighted by Gasteiger charge is -2.18. The standard InChI is InChI=1S/C18H30BrN/c1-3-5-6-7-8-11-16(15-20-4-2)14-17-12-9-10-13-18(17)19/h9-10,12-13,16,20H,3-8,11,14-15H2,1-2H3. The molecule has 1 aromatic carbocycles. The highest BCUT2D eigenvalue weighted by atomic mass is 79.9. The Morgan fingerprint density at radius 1 is 1.05 bits per heavy atom. The lowest BCUT2D eigenvalue weighted by atomic mass is 9.93. The third-order valence-electron chi connectivity index (χ3n) is 3.87. The van der Waals surface area contributed by atoms with Crippen LogP contribution in [-0.4, -0.2) is 13.1 Å². The van der Waals surface area contributed by atoms with Gasteiger partial charge in [0.25, 0.3) is 0 Å². The summed E-state index contributed by atoms with van der Waals surface area (Å²) in [6.07, 6.45) is 9.42. The van der Waals surface area contributed by atoms with Gasteiger partial charge in [0, 0.05) is 4.47 Å². The number of hydrogen-bond donors (Lipinski definition) is 1. The molecule has 0 aliphatic carbocycles. The minimum Gasteiger partial charge on any atom is -0.317 e. The normalized spacial score (nSPS) is 12.6. The Labute approximate surface area is 133 Å². The van der Waals surface area contributed by atoms with E-state index in [0.717, 1.165) is 19.0 Å². The lowest BCUT2D eigenvalue weighted by Crippen LogP contribution is -2.24. The molecule has 2 heteroatoms. The Balaban J connectivity index is 2.41. The summed E-state index contributed by atoms with van der Waals surface area (Å²) >= 11 is 3.67. The lowest BCUT2D eigenvalue weighted by molar-refractivity contribution is 0.424. The maximum Gasteiger partial charge on any atom is 0.0207 e. The summed E-state index contributed by atoms with van der Waals surface area (Å²) in [7, 11) is 0. The van der Waals surface area contributed by atoms with Crippen LogP contribution in [0.3, 0.4) is 0 Å². The molecule has 0 spiro atoms. The van der Waals surface area contributed by atoms with E-state index < -0.39 is 0 Å². The molecule has 0 bridgehead atoms. The summed E-state index contributed by atoms with van der Waals surface area (Å²) in [5.74, 6) is 0.760. The summed E-state index contributed by atoms with van der Waals surface area (Å²) in [5, 5.41) is 3.52. The zero-order valence-corrected chi connectivity index (χ0v) is 14.7. The Hall–Kier alpha value is -0.340. The average molecular weight is 340 g/mol. The Kier molecular flexibility index (Phi) is 10.0. The minimum atomic E-state index is 0.760. The van der Waals surface area contributed by atoms with E-state index in [-0.39, 0.29) is 0 Å². The molecule has 0 amide bonds. The number of hydrogen-bond acceptors (Lipinski definition) is 1. The second-order valence-electron chi connectivity index (χ2n) is 5.67. The van der Waals surface area contributed by atoms with Gasteiger partial charge in [0.2, 0.25) is 0 Å². The van der Waals surface area contributed by atoms with E-state index in [9.17, 15) is 0 Å². The number of unbranched alkanes of at least 4 members (excludes halogenated alkanes) is 4. The van der Waals surface area contributed by atoms with Crippen molar-refractivity contribution in [3.8, 4) is 0 Å². The van der Waals surface area contributed by atoms with Crippen LogP contribution in [0.25, 0.3) is 0 Å². The monoisotopic (exact) mass is 339 g/mol. The molecule has 1 N–H and O–H groups in total. The van der Waals surface area contributed by atoms with Crippen molar-refractivity contribution in [3.63, 3.8) is 0 Å². The van der Waals surface area contributed by atoms with Crippen LogP contribution in [0.4, 0.5) is 0 Å². The van der Waals surface area contributed by atoms with Crippen LogP contribution in [0.15, 0.2) is 28.7 Å². The quantitative estimate of drug-likeness (QED) is 0.519. The molecule has 1 atom stereocenters. The predicted molar refractivity (Wildman–Crippen MR) is 93.3 cm³/mol. The number of benzene rings is 1. The molecule has 0 saturated carbocycles. The topological polar surface area (TPSA) is 12.0 Å². The third-order valence-corrected chi connectivity index (χ3v) is 4.64. The molecule has 1 aromatic rings. The molecule has 1 nitrogen and oxygen atoms in total. The van der Waals surface area contributed by atoms with Crippen LogP contribution in [0.5, 0.6) is 0 Å². The van der Waals surface area contributed by atoms with Crippen molar-refractivity contribution < 1.29 is 0 Å². The van der Waals surface area contributed by atoms with E-state index in [2.05, 4.69) is 59.4 Å². The molecule has 0 aromatic heterocycles. The van der Waals surface area contributed by atoms with Crippen molar-refractivity contribution in [3.05, 3.63) is 34.3 Å². The largest absolute Gasteiger partial charge is 0.317 e. The van der Waals surface area contributed by atoms with Crippen LogP contribution >= 0.6 is 15.9 Å². The van der Waals surface area contributed by atoms with Crippen molar-refractivity contribution in [1.82, 2.24) is 5.32 Å². The van der Waals surface area contributed by atoms with Crippen molar-refractivity contribution in [2.24, 2.45) is 5.92 Å². The van der Waals surface area contributed by atoms with Crippen LogP contribution < -0.4 is 5.32 Å². The average Bonchev–Trinajstić information content (AvgIpc) is 2.46. The Bertz CT molecular complexity index is 351. The van der Waals surface area contributed by atoms with Gasteiger partial charge < -0.3 is 5.32 Å². The van der Waals surface area contributed by atoms with E-state index in [4.69, 9.17) is 0 Å². The first-order valence-corrected chi connectivity index (χ1v) is 9.01. The van der Waals surface area contributed by atoms with Gasteiger partial charge in [0.1, 0.15) is 0 Å². The highest BCUT2D eigenvalue weighted by Gasteiger charge is 2.11. The van der Waals surface area contributed by atoms with Crippen molar-refractivity contribution >= 4 is 15.9 Å². The van der Waals surface area contributed by atoms with E-state index in [1.54, 1.807) is 0 Å². The molecule has 20 heavy (non-hydrogen) atoms. The zero-order chi connectivity index (χ0) is 14.6. The van der Waals surface area contributed by atoms with Gasteiger partial charge in [-0.05, 0) is 43.5 Å². The van der Waals surface area contributed by atoms with Crippen LogP contribution in [-0.2, 0) is 6.42 Å². The van der Waals surface area contributed by atoms with Crippen LogP contribution in [0.2, 0.25) is 0 Å². The maximum atomic E-state index is 3.67. The number of rotatable bonds is 11. The first-order chi connectivity index (χ1) is 9.77. The van der Waals surface area contributed by atoms with Gasteiger partial charge >= 0.3 is 0 Å². The van der Waals surface area contributed by atoms with Crippen LogP contribution in [0, 0.1) is 5.92 Å². The van der Waals surface area contributed by atoms with Crippen molar-refractivity contribution in [2.75, 3.05) is 13.1 Å². The minimum absolute atomic E-state index is 0.760. The highest BCUT2D eigenvalue weighted by Crippen LogP contribution is 2.22. The third kappa shape index (κ3) is 7.44. The van der Waals surface area contributed by atoms with Gasteiger partial charge in [0.05, 0.1) is 0 Å². The molecule has 1 unspecified atom stereocenters. The summed E-state index contributed by atoms with van der Waals surface area (Å²) in [4.78, 5) is 0. The van der Waals surface area contributed by atoms with Crippen molar-refractivity contribution in [2.45, 2.75) is 58.8 Å². The fourth-order valence-electron chi connectivity index (χ4n) is 2.64. The maximum absolute atomic E-state index is 3.67. The first-order valence-electron chi connectivity index (χ1n) is 8.22. The summed E-state index contributed by atoms with van der Waals surface area (Å²) in [6.45, 7) is 6.69. The fourth-order valence-corrected chi connectivity index (χ4v) is 3.08. The molecule has 0 radical (unpaired) electrons. The van der Waals surface area contributed by atoms with E-state index in [0.29, 0.717) is 0 Å². The summed E-state index contributed by atoms with van der Waals surface area (Å²) < 4.78 is 1.26. The molecular weight excluding hydrogens is 310 g/mol. The smallest absolute Gasteiger partial charge is 0.0207 e. The second kappa shape index (κ2) is 11.3. The molecule has 0 aliphatic heterocycles. The fraction of sp³-hybridized carbons (Fsp3) is 0.667. The first kappa shape index (κ1) is 17.7.